The van der Waals surface area contributed by atoms with Gasteiger partial charge in [-0.2, -0.15) is 0 Å². The summed E-state index contributed by atoms with van der Waals surface area (Å²) in [6.07, 6.45) is 4.46. The molecule has 0 radical (unpaired) electrons. The maximum absolute atomic E-state index is 12.6. The predicted octanol–water partition coefficient (Wildman–Crippen LogP) is 1.82. The van der Waals surface area contributed by atoms with E-state index in [1.54, 1.807) is 7.11 Å². The fourth-order valence-corrected chi connectivity index (χ4v) is 3.15. The molecule has 2 aromatic rings. The number of aryl methyl sites for hydroxylation is 1. The molecule has 21 heavy (non-hydrogen) atoms. The molecule has 1 atom stereocenters. The number of hydrogen-bond acceptors (Lipinski definition) is 3. The third-order valence-electron chi connectivity index (χ3n) is 4.20. The van der Waals surface area contributed by atoms with Gasteiger partial charge in [0.2, 0.25) is 5.91 Å². The highest BCUT2D eigenvalue weighted by molar-refractivity contribution is 5.79. The number of nitrogens with zero attached hydrogens (tertiary/aromatic N) is 3. The van der Waals surface area contributed by atoms with Crippen molar-refractivity contribution >= 4 is 11.6 Å². The SMILES string of the molecule is COC[C@@H]1CCCN1C(=O)Cc1c(C)nc2ccccn12. The Bertz CT molecular complexity index is 650. The lowest BCUT2D eigenvalue weighted by Gasteiger charge is -2.24. The quantitative estimate of drug-likeness (QED) is 0.862. The van der Waals surface area contributed by atoms with E-state index in [2.05, 4.69) is 4.98 Å². The number of fused-ring (bicyclic) bond motifs is 1. The van der Waals surface area contributed by atoms with E-state index in [1.807, 2.05) is 40.6 Å². The first-order valence-corrected chi connectivity index (χ1v) is 7.41. The summed E-state index contributed by atoms with van der Waals surface area (Å²) >= 11 is 0. The molecular weight excluding hydrogens is 266 g/mol. The first-order chi connectivity index (χ1) is 10.2. The standard InChI is InChI=1S/C16H21N3O2/c1-12-14(19-8-4-3-7-15(19)17-12)10-16(20)18-9-5-6-13(18)11-21-2/h3-4,7-8,13H,5-6,9-11H2,1-2H3/t13-/m0/s1. The minimum absolute atomic E-state index is 0.170. The molecule has 3 heterocycles. The molecule has 0 aliphatic carbocycles. The van der Waals surface area contributed by atoms with Crippen LogP contribution in [0, 0.1) is 6.92 Å². The van der Waals surface area contributed by atoms with Crippen LogP contribution in [0.25, 0.3) is 5.65 Å². The van der Waals surface area contributed by atoms with Crippen molar-refractivity contribution in [2.45, 2.75) is 32.2 Å². The molecule has 2 aromatic heterocycles. The van der Waals surface area contributed by atoms with Crippen LogP contribution in [0.15, 0.2) is 24.4 Å². The van der Waals surface area contributed by atoms with Gasteiger partial charge in [-0.25, -0.2) is 4.98 Å². The van der Waals surface area contributed by atoms with Crippen LogP contribution in [-0.4, -0.2) is 46.5 Å². The Morgan fingerprint density at radius 3 is 3.14 bits per heavy atom. The number of pyridine rings is 1. The molecule has 1 saturated heterocycles. The minimum Gasteiger partial charge on any atom is -0.383 e. The molecule has 1 amide bonds. The first-order valence-electron chi connectivity index (χ1n) is 7.41. The number of rotatable bonds is 4. The third-order valence-corrected chi connectivity index (χ3v) is 4.20. The number of carbonyl (C=O) groups is 1. The molecule has 0 bridgehead atoms. The predicted molar refractivity (Wildman–Crippen MR) is 80.2 cm³/mol. The number of ether oxygens (including phenoxy) is 1. The maximum Gasteiger partial charge on any atom is 0.228 e. The van der Waals surface area contributed by atoms with Gasteiger partial charge in [-0.05, 0) is 31.9 Å². The lowest BCUT2D eigenvalue weighted by Crippen LogP contribution is -2.39. The van der Waals surface area contributed by atoms with Crippen LogP contribution in [0.2, 0.25) is 0 Å². The summed E-state index contributed by atoms with van der Waals surface area (Å²) in [6, 6.07) is 6.11. The fraction of sp³-hybridized carbons (Fsp3) is 0.500. The topological polar surface area (TPSA) is 46.8 Å². The summed E-state index contributed by atoms with van der Waals surface area (Å²) in [5, 5.41) is 0. The van der Waals surface area contributed by atoms with Gasteiger partial charge < -0.3 is 14.0 Å². The van der Waals surface area contributed by atoms with Gasteiger partial charge in [0.05, 0.1) is 30.5 Å². The van der Waals surface area contributed by atoms with Crippen molar-refractivity contribution < 1.29 is 9.53 Å². The lowest BCUT2D eigenvalue weighted by atomic mass is 10.2. The molecule has 1 aliphatic heterocycles. The molecule has 0 N–H and O–H groups in total. The summed E-state index contributed by atoms with van der Waals surface area (Å²) in [5.41, 5.74) is 2.81. The Morgan fingerprint density at radius 2 is 2.33 bits per heavy atom. The lowest BCUT2D eigenvalue weighted by molar-refractivity contribution is -0.132. The molecule has 0 saturated carbocycles. The average Bonchev–Trinajstić information content (AvgIpc) is 3.05. The normalized spacial score (nSPS) is 18.6. The molecule has 0 aromatic carbocycles. The van der Waals surface area contributed by atoms with Crippen LogP contribution in [0.5, 0.6) is 0 Å². The Balaban J connectivity index is 1.81. The number of carbonyl (C=O) groups excluding carboxylic acids is 1. The summed E-state index contributed by atoms with van der Waals surface area (Å²) in [4.78, 5) is 19.1. The van der Waals surface area contributed by atoms with E-state index in [4.69, 9.17) is 4.74 Å². The summed E-state index contributed by atoms with van der Waals surface area (Å²) in [7, 11) is 1.69. The van der Waals surface area contributed by atoms with E-state index in [0.29, 0.717) is 13.0 Å². The summed E-state index contributed by atoms with van der Waals surface area (Å²) in [6.45, 7) is 3.42. The van der Waals surface area contributed by atoms with E-state index in [0.717, 1.165) is 36.4 Å². The van der Waals surface area contributed by atoms with Gasteiger partial charge in [0.25, 0.3) is 0 Å². The molecule has 0 unspecified atom stereocenters. The molecule has 1 fully saturated rings. The van der Waals surface area contributed by atoms with Crippen LogP contribution < -0.4 is 0 Å². The monoisotopic (exact) mass is 287 g/mol. The molecule has 1 aliphatic rings. The molecular formula is C16H21N3O2. The zero-order valence-corrected chi connectivity index (χ0v) is 12.6. The number of aromatic nitrogens is 2. The largest absolute Gasteiger partial charge is 0.383 e. The Morgan fingerprint density at radius 1 is 1.48 bits per heavy atom. The van der Waals surface area contributed by atoms with Crippen LogP contribution in [0.1, 0.15) is 24.2 Å². The highest BCUT2D eigenvalue weighted by Crippen LogP contribution is 2.20. The minimum atomic E-state index is 0.170. The second-order valence-electron chi connectivity index (χ2n) is 5.59. The highest BCUT2D eigenvalue weighted by atomic mass is 16.5. The van der Waals surface area contributed by atoms with E-state index in [9.17, 15) is 4.79 Å². The Hall–Kier alpha value is -1.88. The van der Waals surface area contributed by atoms with Crippen LogP contribution in [-0.2, 0) is 16.0 Å². The van der Waals surface area contributed by atoms with Gasteiger partial charge in [0, 0.05) is 19.9 Å². The number of hydrogen-bond donors (Lipinski definition) is 0. The highest BCUT2D eigenvalue weighted by Gasteiger charge is 2.29. The van der Waals surface area contributed by atoms with Gasteiger partial charge in [0.1, 0.15) is 5.65 Å². The molecule has 5 nitrogen and oxygen atoms in total. The molecule has 112 valence electrons. The number of methoxy groups -OCH3 is 1. The van der Waals surface area contributed by atoms with Crippen molar-refractivity contribution in [1.29, 1.82) is 0 Å². The molecule has 5 heteroatoms. The van der Waals surface area contributed by atoms with Gasteiger partial charge in [-0.15, -0.1) is 0 Å². The van der Waals surface area contributed by atoms with E-state index < -0.39 is 0 Å². The van der Waals surface area contributed by atoms with E-state index in [-0.39, 0.29) is 11.9 Å². The zero-order chi connectivity index (χ0) is 14.8. The van der Waals surface area contributed by atoms with Gasteiger partial charge in [-0.1, -0.05) is 6.07 Å². The average molecular weight is 287 g/mol. The van der Waals surface area contributed by atoms with Crippen molar-refractivity contribution in [2.75, 3.05) is 20.3 Å². The summed E-state index contributed by atoms with van der Waals surface area (Å²) < 4.78 is 7.23. The zero-order valence-electron chi connectivity index (χ0n) is 12.6. The Labute approximate surface area is 124 Å². The fourth-order valence-electron chi connectivity index (χ4n) is 3.15. The van der Waals surface area contributed by atoms with Crippen LogP contribution >= 0.6 is 0 Å². The number of amides is 1. The van der Waals surface area contributed by atoms with Crippen molar-refractivity contribution in [2.24, 2.45) is 0 Å². The maximum atomic E-state index is 12.6. The first kappa shape index (κ1) is 14.1. The van der Waals surface area contributed by atoms with Gasteiger partial charge in [-0.3, -0.25) is 4.79 Å². The van der Waals surface area contributed by atoms with Crippen LogP contribution in [0.3, 0.4) is 0 Å². The summed E-state index contributed by atoms with van der Waals surface area (Å²) in [5.74, 6) is 0.170. The van der Waals surface area contributed by atoms with Crippen LogP contribution in [0.4, 0.5) is 0 Å². The van der Waals surface area contributed by atoms with Crippen molar-refractivity contribution in [3.8, 4) is 0 Å². The second kappa shape index (κ2) is 5.85. The number of imidazole rings is 1. The third kappa shape index (κ3) is 2.65. The van der Waals surface area contributed by atoms with E-state index >= 15 is 0 Å². The van der Waals surface area contributed by atoms with E-state index in [1.165, 1.54) is 0 Å². The Kier molecular flexibility index (Phi) is 3.92. The second-order valence-corrected chi connectivity index (χ2v) is 5.59. The van der Waals surface area contributed by atoms with Crippen molar-refractivity contribution in [3.63, 3.8) is 0 Å². The molecule has 0 spiro atoms. The van der Waals surface area contributed by atoms with Crippen molar-refractivity contribution in [1.82, 2.24) is 14.3 Å². The van der Waals surface area contributed by atoms with Gasteiger partial charge >= 0.3 is 0 Å². The molecule has 3 rings (SSSR count). The smallest absolute Gasteiger partial charge is 0.228 e. The van der Waals surface area contributed by atoms with Gasteiger partial charge in [0.15, 0.2) is 0 Å². The van der Waals surface area contributed by atoms with Crippen molar-refractivity contribution in [3.05, 3.63) is 35.8 Å². The number of likely N-dealkylation sites (tertiary alicyclic amines) is 1.